The fraction of sp³-hybridized carbons (Fsp3) is 0.304. The van der Waals surface area contributed by atoms with Crippen LogP contribution in [0.2, 0.25) is 0 Å². The number of hydrogen-bond donors (Lipinski definition) is 0. The first-order valence-corrected chi connectivity index (χ1v) is 11.9. The monoisotopic (exact) mass is 579 g/mol. The first-order chi connectivity index (χ1) is 15.7. The van der Waals surface area contributed by atoms with Crippen LogP contribution in [0, 0.1) is 6.92 Å². The molecule has 174 valence electrons. The van der Waals surface area contributed by atoms with Gasteiger partial charge in [-0.3, -0.25) is 4.79 Å². The number of aromatic nitrogens is 2. The van der Waals surface area contributed by atoms with Crippen LogP contribution in [0.3, 0.4) is 0 Å². The predicted molar refractivity (Wildman–Crippen MR) is 133 cm³/mol. The number of fused-ring (bicyclic) bond motifs is 1. The van der Waals surface area contributed by atoms with E-state index >= 15 is 0 Å². The number of halogens is 2. The molecule has 0 spiro atoms. The highest BCUT2D eigenvalue weighted by atomic mass is 79.9. The lowest BCUT2D eigenvalue weighted by atomic mass is 10.2. The van der Waals surface area contributed by atoms with Gasteiger partial charge in [0.25, 0.3) is 5.56 Å². The minimum absolute atomic E-state index is 0.267. The van der Waals surface area contributed by atoms with Crippen LogP contribution in [0.15, 0.2) is 49.2 Å². The van der Waals surface area contributed by atoms with Gasteiger partial charge in [-0.05, 0) is 74.0 Å². The van der Waals surface area contributed by atoms with E-state index in [0.717, 1.165) is 4.47 Å². The van der Waals surface area contributed by atoms with E-state index in [0.29, 0.717) is 44.9 Å². The average molecular weight is 581 g/mol. The second-order valence-corrected chi connectivity index (χ2v) is 8.72. The molecule has 33 heavy (non-hydrogen) atoms. The van der Waals surface area contributed by atoms with Gasteiger partial charge in [-0.1, -0.05) is 15.9 Å². The van der Waals surface area contributed by atoms with E-state index in [1.165, 1.54) is 10.9 Å². The molecule has 0 bridgehead atoms. The molecule has 0 unspecified atom stereocenters. The molecule has 8 nitrogen and oxygen atoms in total. The average Bonchev–Trinajstić information content (AvgIpc) is 2.77. The summed E-state index contributed by atoms with van der Waals surface area (Å²) in [5.41, 5.74) is 0.971. The standard InChI is InChI=1S/C23H23Br2N3O5/c1-5-31-20-9-15(18(25)11-21(20)33-13(3)23(30)32-6-2)12-26-28-14(4)27-19-8-7-16(24)10-17(19)22(28)29/h7-13H,5-6H2,1-4H3/t13-/m1/s1. The number of carbonyl (C=O) groups is 1. The lowest BCUT2D eigenvalue weighted by Gasteiger charge is -2.17. The van der Waals surface area contributed by atoms with Crippen molar-refractivity contribution in [2.45, 2.75) is 33.8 Å². The van der Waals surface area contributed by atoms with E-state index in [-0.39, 0.29) is 12.2 Å². The number of benzene rings is 2. The number of hydrogen-bond acceptors (Lipinski definition) is 7. The van der Waals surface area contributed by atoms with Gasteiger partial charge < -0.3 is 14.2 Å². The van der Waals surface area contributed by atoms with Gasteiger partial charge in [0.05, 0.1) is 30.3 Å². The number of esters is 1. The van der Waals surface area contributed by atoms with Crippen molar-refractivity contribution < 1.29 is 19.0 Å². The van der Waals surface area contributed by atoms with Gasteiger partial charge in [0.1, 0.15) is 5.82 Å². The summed E-state index contributed by atoms with van der Waals surface area (Å²) in [7, 11) is 0. The molecule has 0 aliphatic rings. The predicted octanol–water partition coefficient (Wildman–Crippen LogP) is 4.84. The fourth-order valence-corrected chi connectivity index (χ4v) is 3.81. The molecular weight excluding hydrogens is 558 g/mol. The number of nitrogens with zero attached hydrogens (tertiary/aromatic N) is 3. The summed E-state index contributed by atoms with van der Waals surface area (Å²) in [6, 6.07) is 8.74. The maximum atomic E-state index is 13.0. The van der Waals surface area contributed by atoms with Crippen molar-refractivity contribution in [3.8, 4) is 11.5 Å². The van der Waals surface area contributed by atoms with Gasteiger partial charge in [0, 0.05) is 14.5 Å². The molecule has 0 saturated carbocycles. The van der Waals surface area contributed by atoms with E-state index in [2.05, 4.69) is 41.9 Å². The Morgan fingerprint density at radius 3 is 2.64 bits per heavy atom. The van der Waals surface area contributed by atoms with Crippen LogP contribution in [0.5, 0.6) is 11.5 Å². The van der Waals surface area contributed by atoms with Crippen molar-refractivity contribution in [1.29, 1.82) is 0 Å². The Bertz CT molecular complexity index is 1270. The second-order valence-electron chi connectivity index (χ2n) is 6.95. The maximum Gasteiger partial charge on any atom is 0.347 e. The zero-order valence-corrected chi connectivity index (χ0v) is 21.8. The third kappa shape index (κ3) is 5.80. The Kier molecular flexibility index (Phi) is 8.25. The number of rotatable bonds is 8. The summed E-state index contributed by atoms with van der Waals surface area (Å²) in [6.07, 6.45) is 0.727. The Labute approximate surface area is 207 Å². The van der Waals surface area contributed by atoms with Crippen molar-refractivity contribution in [3.63, 3.8) is 0 Å². The Balaban J connectivity index is 1.98. The zero-order chi connectivity index (χ0) is 24.1. The molecule has 0 aliphatic carbocycles. The quantitative estimate of drug-likeness (QED) is 0.280. The van der Waals surface area contributed by atoms with Crippen LogP contribution in [0.1, 0.15) is 32.2 Å². The lowest BCUT2D eigenvalue weighted by Crippen LogP contribution is -2.26. The summed E-state index contributed by atoms with van der Waals surface area (Å²) < 4.78 is 19.1. The number of ether oxygens (including phenoxy) is 3. The van der Waals surface area contributed by atoms with Crippen molar-refractivity contribution >= 4 is 54.9 Å². The minimum Gasteiger partial charge on any atom is -0.490 e. The van der Waals surface area contributed by atoms with Crippen LogP contribution in [0.4, 0.5) is 0 Å². The molecule has 1 heterocycles. The molecule has 3 rings (SSSR count). The van der Waals surface area contributed by atoms with E-state index in [1.54, 1.807) is 45.0 Å². The summed E-state index contributed by atoms with van der Waals surface area (Å²) in [4.78, 5) is 29.4. The van der Waals surface area contributed by atoms with Crippen molar-refractivity contribution in [2.24, 2.45) is 5.10 Å². The van der Waals surface area contributed by atoms with Crippen LogP contribution < -0.4 is 15.0 Å². The third-order valence-corrected chi connectivity index (χ3v) is 5.75. The molecular formula is C23H23Br2N3O5. The van der Waals surface area contributed by atoms with Crippen LogP contribution in [-0.4, -0.2) is 41.2 Å². The van der Waals surface area contributed by atoms with Gasteiger partial charge in [-0.15, -0.1) is 0 Å². The second kappa shape index (κ2) is 10.9. The first kappa shape index (κ1) is 24.9. The van der Waals surface area contributed by atoms with E-state index in [9.17, 15) is 9.59 Å². The van der Waals surface area contributed by atoms with Crippen molar-refractivity contribution in [3.05, 3.63) is 61.0 Å². The lowest BCUT2D eigenvalue weighted by molar-refractivity contribution is -0.150. The largest absolute Gasteiger partial charge is 0.490 e. The highest BCUT2D eigenvalue weighted by Gasteiger charge is 2.19. The maximum absolute atomic E-state index is 13.0. The molecule has 0 amide bonds. The van der Waals surface area contributed by atoms with Crippen LogP contribution in [-0.2, 0) is 9.53 Å². The van der Waals surface area contributed by atoms with Crippen LogP contribution in [0.25, 0.3) is 10.9 Å². The molecule has 2 aromatic carbocycles. The molecule has 1 atom stereocenters. The topological polar surface area (TPSA) is 92.0 Å². The molecule has 10 heteroatoms. The van der Waals surface area contributed by atoms with Gasteiger partial charge in [-0.2, -0.15) is 9.78 Å². The molecule has 0 aliphatic heterocycles. The highest BCUT2D eigenvalue weighted by molar-refractivity contribution is 9.10. The highest BCUT2D eigenvalue weighted by Crippen LogP contribution is 2.34. The number of carbonyl (C=O) groups excluding carboxylic acids is 1. The molecule has 3 aromatic rings. The molecule has 0 N–H and O–H groups in total. The minimum atomic E-state index is -0.806. The smallest absolute Gasteiger partial charge is 0.347 e. The Morgan fingerprint density at radius 2 is 1.94 bits per heavy atom. The summed E-state index contributed by atoms with van der Waals surface area (Å²) in [5, 5.41) is 4.82. The summed E-state index contributed by atoms with van der Waals surface area (Å²) in [5.74, 6) is 0.803. The SMILES string of the molecule is CCOC(=O)[C@@H](C)Oc1cc(Br)c(C=Nn2c(C)nc3ccc(Br)cc3c2=O)cc1OCC. The van der Waals surface area contributed by atoms with Gasteiger partial charge in [-0.25, -0.2) is 9.78 Å². The summed E-state index contributed by atoms with van der Waals surface area (Å²) in [6.45, 7) is 7.56. The Morgan fingerprint density at radius 1 is 1.18 bits per heavy atom. The van der Waals surface area contributed by atoms with E-state index in [4.69, 9.17) is 14.2 Å². The van der Waals surface area contributed by atoms with Crippen molar-refractivity contribution in [2.75, 3.05) is 13.2 Å². The number of aryl methyl sites for hydroxylation is 1. The summed E-state index contributed by atoms with van der Waals surface area (Å²) >= 11 is 6.88. The fourth-order valence-electron chi connectivity index (χ4n) is 3.02. The normalized spacial score (nSPS) is 12.2. The Hall–Kier alpha value is -2.72. The van der Waals surface area contributed by atoms with Gasteiger partial charge >= 0.3 is 5.97 Å². The van der Waals surface area contributed by atoms with E-state index in [1.807, 2.05) is 13.0 Å². The molecule has 0 saturated heterocycles. The first-order valence-electron chi connectivity index (χ1n) is 10.3. The third-order valence-electron chi connectivity index (χ3n) is 4.57. The molecule has 0 fully saturated rings. The molecule has 1 aromatic heterocycles. The van der Waals surface area contributed by atoms with Crippen molar-refractivity contribution in [1.82, 2.24) is 9.66 Å². The van der Waals surface area contributed by atoms with E-state index < -0.39 is 12.1 Å². The van der Waals surface area contributed by atoms with Crippen LogP contribution >= 0.6 is 31.9 Å². The van der Waals surface area contributed by atoms with Gasteiger partial charge in [0.15, 0.2) is 17.6 Å². The molecule has 0 radical (unpaired) electrons. The zero-order valence-electron chi connectivity index (χ0n) is 18.6. The van der Waals surface area contributed by atoms with Gasteiger partial charge in [0.2, 0.25) is 0 Å².